The van der Waals surface area contributed by atoms with Crippen molar-refractivity contribution in [2.75, 3.05) is 5.32 Å². The van der Waals surface area contributed by atoms with Gasteiger partial charge in [0, 0.05) is 29.6 Å². The molecule has 9 heteroatoms. The second-order valence-electron chi connectivity index (χ2n) is 6.91. The smallest absolute Gasteiger partial charge is 0.184 e. The van der Waals surface area contributed by atoms with E-state index in [1.807, 2.05) is 43.5 Å². The van der Waals surface area contributed by atoms with Crippen LogP contribution in [-0.4, -0.2) is 24.6 Å². The molecule has 0 amide bonds. The van der Waals surface area contributed by atoms with E-state index in [1.54, 1.807) is 10.6 Å². The first kappa shape index (κ1) is 19.3. The summed E-state index contributed by atoms with van der Waals surface area (Å²) in [5, 5.41) is 7.90. The number of nitrogens with zero attached hydrogens (tertiary/aromatic N) is 5. The fourth-order valence-electron chi connectivity index (χ4n) is 3.25. The van der Waals surface area contributed by atoms with Crippen LogP contribution in [0.25, 0.3) is 27.5 Å². The third-order valence-corrected chi connectivity index (χ3v) is 5.82. The van der Waals surface area contributed by atoms with Crippen LogP contribution in [0.1, 0.15) is 11.3 Å². The normalized spacial score (nSPS) is 11.2. The van der Waals surface area contributed by atoms with Gasteiger partial charge in [0.1, 0.15) is 12.0 Å². The number of pyridine rings is 2. The quantitative estimate of drug-likeness (QED) is 0.416. The van der Waals surface area contributed by atoms with E-state index in [1.165, 1.54) is 23.7 Å². The molecule has 1 aromatic carbocycles. The fraction of sp³-hybridized carbons (Fsp3) is 0.0909. The Bertz CT molecular complexity index is 1390. The van der Waals surface area contributed by atoms with Crippen molar-refractivity contribution in [3.63, 3.8) is 0 Å². The molecule has 0 unspecified atom stereocenters. The lowest BCUT2D eigenvalue weighted by molar-refractivity contribution is 0.500. The highest BCUT2D eigenvalue weighted by Gasteiger charge is 2.18. The summed E-state index contributed by atoms with van der Waals surface area (Å²) in [4.78, 5) is 14.4. The van der Waals surface area contributed by atoms with Crippen LogP contribution in [0.15, 0.2) is 61.1 Å². The van der Waals surface area contributed by atoms with Gasteiger partial charge in [-0.1, -0.05) is 29.5 Å². The number of fused-ring (bicyclic) bond motifs is 1. The number of thiazole rings is 1. The number of nitrogens with one attached hydrogen (secondary N) is 1. The van der Waals surface area contributed by atoms with E-state index in [0.717, 1.165) is 33.5 Å². The van der Waals surface area contributed by atoms with Crippen LogP contribution in [-0.2, 0) is 6.54 Å². The summed E-state index contributed by atoms with van der Waals surface area (Å²) >= 11 is 1.41. The van der Waals surface area contributed by atoms with Gasteiger partial charge in [-0.3, -0.25) is 4.98 Å². The van der Waals surface area contributed by atoms with Crippen molar-refractivity contribution in [2.45, 2.75) is 13.5 Å². The van der Waals surface area contributed by atoms with Crippen LogP contribution in [0.3, 0.4) is 0 Å². The summed E-state index contributed by atoms with van der Waals surface area (Å²) in [7, 11) is 0. The van der Waals surface area contributed by atoms with E-state index in [0.29, 0.717) is 10.8 Å². The third-order valence-electron chi connectivity index (χ3n) is 4.76. The molecule has 0 atom stereocenters. The van der Waals surface area contributed by atoms with Gasteiger partial charge >= 0.3 is 0 Å². The van der Waals surface area contributed by atoms with Crippen molar-refractivity contribution < 1.29 is 8.78 Å². The molecule has 0 saturated heterocycles. The van der Waals surface area contributed by atoms with E-state index in [-0.39, 0.29) is 12.1 Å². The Morgan fingerprint density at radius 1 is 1.03 bits per heavy atom. The van der Waals surface area contributed by atoms with Crippen molar-refractivity contribution in [1.82, 2.24) is 24.6 Å². The van der Waals surface area contributed by atoms with Gasteiger partial charge in [-0.25, -0.2) is 23.3 Å². The van der Waals surface area contributed by atoms with Crippen LogP contribution in [0.5, 0.6) is 0 Å². The number of anilines is 1. The van der Waals surface area contributed by atoms with Crippen molar-refractivity contribution >= 4 is 22.1 Å². The number of benzene rings is 1. The highest BCUT2D eigenvalue weighted by atomic mass is 32.1. The minimum atomic E-state index is -0.870. The molecule has 0 radical (unpaired) electrons. The summed E-state index contributed by atoms with van der Waals surface area (Å²) in [6.07, 6.45) is 3.38. The number of rotatable bonds is 5. The van der Waals surface area contributed by atoms with Gasteiger partial charge in [0.25, 0.3) is 0 Å². The van der Waals surface area contributed by atoms with E-state index < -0.39 is 11.6 Å². The molecule has 4 heterocycles. The highest BCUT2D eigenvalue weighted by Crippen LogP contribution is 2.38. The first-order valence-electron chi connectivity index (χ1n) is 9.50. The first-order chi connectivity index (χ1) is 15.1. The molecule has 0 aliphatic heterocycles. The maximum Gasteiger partial charge on any atom is 0.184 e. The Labute approximate surface area is 180 Å². The lowest BCUT2D eigenvalue weighted by atomic mass is 10.1. The molecule has 5 aromatic rings. The molecular weight excluding hydrogens is 418 g/mol. The van der Waals surface area contributed by atoms with Gasteiger partial charge in [0.05, 0.1) is 10.6 Å². The predicted molar refractivity (Wildman–Crippen MR) is 116 cm³/mol. The molecule has 0 bridgehead atoms. The maximum atomic E-state index is 14.0. The van der Waals surface area contributed by atoms with Crippen molar-refractivity contribution in [3.05, 3.63) is 83.9 Å². The largest absolute Gasteiger partial charge is 0.357 e. The van der Waals surface area contributed by atoms with Gasteiger partial charge < -0.3 is 5.32 Å². The number of aryl methyl sites for hydroxylation is 1. The van der Waals surface area contributed by atoms with Crippen LogP contribution in [0, 0.1) is 18.6 Å². The molecule has 0 saturated carbocycles. The van der Waals surface area contributed by atoms with Gasteiger partial charge in [-0.2, -0.15) is 5.10 Å². The number of halogens is 2. The molecule has 6 nitrogen and oxygen atoms in total. The Morgan fingerprint density at radius 3 is 2.77 bits per heavy atom. The molecule has 0 aliphatic rings. The van der Waals surface area contributed by atoms with E-state index in [2.05, 4.69) is 20.4 Å². The summed E-state index contributed by atoms with van der Waals surface area (Å²) in [6.45, 7) is 2.03. The zero-order valence-electron chi connectivity index (χ0n) is 16.4. The molecule has 5 rings (SSSR count). The zero-order valence-corrected chi connectivity index (χ0v) is 17.2. The lowest BCUT2D eigenvalue weighted by Gasteiger charge is -2.04. The summed E-state index contributed by atoms with van der Waals surface area (Å²) in [6, 6.07) is 13.7. The predicted octanol–water partition coefficient (Wildman–Crippen LogP) is 5.11. The molecular formula is C22H16F2N6S. The molecule has 154 valence electrons. The van der Waals surface area contributed by atoms with Crippen LogP contribution in [0.4, 0.5) is 13.9 Å². The molecule has 0 fully saturated rings. The van der Waals surface area contributed by atoms with Crippen molar-refractivity contribution in [1.29, 1.82) is 0 Å². The van der Waals surface area contributed by atoms with Crippen molar-refractivity contribution in [2.24, 2.45) is 0 Å². The lowest BCUT2D eigenvalue weighted by Crippen LogP contribution is -2.03. The summed E-state index contributed by atoms with van der Waals surface area (Å²) < 4.78 is 29.2. The van der Waals surface area contributed by atoms with Gasteiger partial charge in [0.2, 0.25) is 0 Å². The monoisotopic (exact) mass is 434 g/mol. The zero-order chi connectivity index (χ0) is 21.4. The molecule has 0 aliphatic carbocycles. The maximum absolute atomic E-state index is 14.0. The number of aromatic nitrogens is 5. The van der Waals surface area contributed by atoms with E-state index in [4.69, 9.17) is 4.98 Å². The summed E-state index contributed by atoms with van der Waals surface area (Å²) in [5.41, 5.74) is 4.18. The second kappa shape index (κ2) is 7.84. The molecule has 1 N–H and O–H groups in total. The van der Waals surface area contributed by atoms with Crippen molar-refractivity contribution in [3.8, 4) is 21.8 Å². The Balaban J connectivity index is 1.55. The van der Waals surface area contributed by atoms with Gasteiger partial charge in [-0.15, -0.1) is 0 Å². The van der Waals surface area contributed by atoms with Gasteiger partial charge in [-0.05, 0) is 37.3 Å². The Kier molecular flexibility index (Phi) is 4.87. The number of hydrogen-bond donors (Lipinski definition) is 1. The fourth-order valence-corrected chi connectivity index (χ4v) is 4.21. The first-order valence-corrected chi connectivity index (χ1v) is 10.3. The second-order valence-corrected chi connectivity index (χ2v) is 7.91. The molecule has 4 aromatic heterocycles. The van der Waals surface area contributed by atoms with Crippen LogP contribution < -0.4 is 5.32 Å². The third kappa shape index (κ3) is 3.75. The van der Waals surface area contributed by atoms with E-state index >= 15 is 0 Å². The minimum Gasteiger partial charge on any atom is -0.357 e. The average Bonchev–Trinajstić information content (AvgIpc) is 3.41. The van der Waals surface area contributed by atoms with Crippen LogP contribution in [0.2, 0.25) is 0 Å². The molecule has 31 heavy (non-hydrogen) atoms. The topological polar surface area (TPSA) is 68.0 Å². The minimum absolute atomic E-state index is 0.110. The SMILES string of the molecule is Cc1cccc(-c2nc(NCc3cccc(F)c3F)sc2-c2ccc3ncnn3c2)n1. The molecule has 0 spiro atoms. The van der Waals surface area contributed by atoms with Gasteiger partial charge in [0.15, 0.2) is 22.4 Å². The Morgan fingerprint density at radius 2 is 1.90 bits per heavy atom. The summed E-state index contributed by atoms with van der Waals surface area (Å²) in [5.74, 6) is -1.73. The highest BCUT2D eigenvalue weighted by molar-refractivity contribution is 7.19. The van der Waals surface area contributed by atoms with Crippen LogP contribution >= 0.6 is 11.3 Å². The van der Waals surface area contributed by atoms with E-state index in [9.17, 15) is 8.78 Å². The number of hydrogen-bond acceptors (Lipinski definition) is 6. The standard InChI is InChI=1S/C22H16F2N6S/c1-13-4-2-7-17(28-13)20-21(15-8-9-18-26-12-27-30(18)11-15)31-22(29-20)25-10-14-5-3-6-16(23)19(14)24/h2-9,11-12H,10H2,1H3,(H,25,29). The average molecular weight is 434 g/mol. The Hall–Kier alpha value is -3.72.